The van der Waals surface area contributed by atoms with Gasteiger partial charge in [0.2, 0.25) is 5.91 Å². The largest absolute Gasteiger partial charge is 0.497 e. The van der Waals surface area contributed by atoms with E-state index < -0.39 is 0 Å². The molecule has 0 atom stereocenters. The number of amides is 2. The van der Waals surface area contributed by atoms with Crippen LogP contribution in [0.5, 0.6) is 11.5 Å². The Hall–Kier alpha value is -3.35. The van der Waals surface area contributed by atoms with Crippen LogP contribution in [0.15, 0.2) is 47.6 Å². The molecule has 0 aromatic heterocycles. The van der Waals surface area contributed by atoms with Crippen LogP contribution in [0.3, 0.4) is 0 Å². The van der Waals surface area contributed by atoms with E-state index in [0.717, 1.165) is 5.56 Å². The lowest BCUT2D eigenvalue weighted by atomic mass is 10.1. The van der Waals surface area contributed by atoms with Crippen LogP contribution in [0.25, 0.3) is 0 Å². The van der Waals surface area contributed by atoms with Crippen molar-refractivity contribution in [1.82, 2.24) is 5.43 Å². The second kappa shape index (κ2) is 10.3. The number of nitrogens with one attached hydrogen (secondary N) is 2. The van der Waals surface area contributed by atoms with Gasteiger partial charge in [-0.2, -0.15) is 5.10 Å². The fourth-order valence-corrected chi connectivity index (χ4v) is 2.64. The highest BCUT2D eigenvalue weighted by atomic mass is 16.5. The summed E-state index contributed by atoms with van der Waals surface area (Å²) in [5.74, 6) is 1.15. The van der Waals surface area contributed by atoms with Crippen molar-refractivity contribution in [3.63, 3.8) is 0 Å². The number of hydrazone groups is 1. The molecule has 0 aliphatic carbocycles. The first kappa shape index (κ1) is 21.9. The summed E-state index contributed by atoms with van der Waals surface area (Å²) < 4.78 is 10.5. The van der Waals surface area contributed by atoms with Gasteiger partial charge < -0.3 is 14.8 Å². The fourth-order valence-electron chi connectivity index (χ4n) is 2.64. The van der Waals surface area contributed by atoms with Gasteiger partial charge in [-0.3, -0.25) is 9.59 Å². The monoisotopic (exact) mass is 397 g/mol. The molecule has 0 radical (unpaired) electrons. The number of anilines is 1. The van der Waals surface area contributed by atoms with Crippen molar-refractivity contribution in [2.24, 2.45) is 11.0 Å². The number of carbonyl (C=O) groups excluding carboxylic acids is 2. The van der Waals surface area contributed by atoms with Gasteiger partial charge in [0, 0.05) is 29.3 Å². The summed E-state index contributed by atoms with van der Waals surface area (Å²) in [4.78, 5) is 24.2. The highest BCUT2D eigenvalue weighted by molar-refractivity contribution is 6.03. The van der Waals surface area contributed by atoms with Crippen molar-refractivity contribution >= 4 is 23.2 Å². The molecule has 7 nitrogen and oxygen atoms in total. The second-order valence-corrected chi connectivity index (χ2v) is 6.93. The molecular formula is C22H27N3O4. The molecule has 2 rings (SSSR count). The van der Waals surface area contributed by atoms with Crippen LogP contribution in [0.2, 0.25) is 0 Å². The van der Waals surface area contributed by atoms with Crippen LogP contribution >= 0.6 is 0 Å². The van der Waals surface area contributed by atoms with Gasteiger partial charge in [-0.25, -0.2) is 5.43 Å². The lowest BCUT2D eigenvalue weighted by Crippen LogP contribution is -2.19. The average Bonchev–Trinajstić information content (AvgIpc) is 2.71. The molecule has 7 heteroatoms. The Morgan fingerprint density at radius 3 is 2.31 bits per heavy atom. The molecule has 2 N–H and O–H groups in total. The Morgan fingerprint density at radius 1 is 1.03 bits per heavy atom. The number of hydrogen-bond acceptors (Lipinski definition) is 5. The van der Waals surface area contributed by atoms with Gasteiger partial charge in [-0.05, 0) is 49.2 Å². The first-order valence-corrected chi connectivity index (χ1v) is 9.31. The maximum atomic E-state index is 12.4. The van der Waals surface area contributed by atoms with Crippen LogP contribution in [0, 0.1) is 5.92 Å². The standard InChI is InChI=1S/C22H27N3O4/c1-14(2)12-21(26)23-17-8-6-16(7-9-17)22(27)25-24-15(3)19-11-10-18(28-4)13-20(19)29-5/h6-11,13-14H,12H2,1-5H3,(H,23,26)(H,25,27). The van der Waals surface area contributed by atoms with E-state index in [4.69, 9.17) is 9.47 Å². The highest BCUT2D eigenvalue weighted by Crippen LogP contribution is 2.25. The van der Waals surface area contributed by atoms with Crippen molar-refractivity contribution in [2.75, 3.05) is 19.5 Å². The van der Waals surface area contributed by atoms with Gasteiger partial charge in [-0.1, -0.05) is 13.8 Å². The minimum atomic E-state index is -0.350. The summed E-state index contributed by atoms with van der Waals surface area (Å²) in [6.45, 7) is 5.74. The molecular weight excluding hydrogens is 370 g/mol. The van der Waals surface area contributed by atoms with E-state index >= 15 is 0 Å². The molecule has 0 unspecified atom stereocenters. The number of hydrogen-bond donors (Lipinski definition) is 2. The molecule has 2 amide bonds. The van der Waals surface area contributed by atoms with E-state index in [9.17, 15) is 9.59 Å². The highest BCUT2D eigenvalue weighted by Gasteiger charge is 2.10. The van der Waals surface area contributed by atoms with E-state index in [1.165, 1.54) is 0 Å². The third-order valence-electron chi connectivity index (χ3n) is 4.15. The van der Waals surface area contributed by atoms with E-state index in [0.29, 0.717) is 34.9 Å². The van der Waals surface area contributed by atoms with Crippen molar-refractivity contribution in [1.29, 1.82) is 0 Å². The number of benzene rings is 2. The van der Waals surface area contributed by atoms with Crippen molar-refractivity contribution in [2.45, 2.75) is 27.2 Å². The zero-order chi connectivity index (χ0) is 21.4. The quantitative estimate of drug-likeness (QED) is 0.523. The molecule has 0 heterocycles. The van der Waals surface area contributed by atoms with Crippen molar-refractivity contribution < 1.29 is 19.1 Å². The summed E-state index contributed by atoms with van der Waals surface area (Å²) in [5.41, 5.74) is 4.96. The predicted octanol–water partition coefficient (Wildman–Crippen LogP) is 3.84. The van der Waals surface area contributed by atoms with Crippen LogP contribution in [-0.4, -0.2) is 31.7 Å². The maximum Gasteiger partial charge on any atom is 0.271 e. The van der Waals surface area contributed by atoms with Crippen LogP contribution < -0.4 is 20.2 Å². The van der Waals surface area contributed by atoms with Gasteiger partial charge >= 0.3 is 0 Å². The zero-order valence-electron chi connectivity index (χ0n) is 17.4. The first-order chi connectivity index (χ1) is 13.8. The molecule has 0 bridgehead atoms. The fraction of sp³-hybridized carbons (Fsp3) is 0.318. The molecule has 29 heavy (non-hydrogen) atoms. The van der Waals surface area contributed by atoms with Crippen LogP contribution in [-0.2, 0) is 4.79 Å². The Bertz CT molecular complexity index is 889. The Morgan fingerprint density at radius 2 is 1.72 bits per heavy atom. The third-order valence-corrected chi connectivity index (χ3v) is 4.15. The summed E-state index contributed by atoms with van der Waals surface area (Å²) >= 11 is 0. The topological polar surface area (TPSA) is 89.0 Å². The Kier molecular flexibility index (Phi) is 7.77. The lowest BCUT2D eigenvalue weighted by Gasteiger charge is -2.10. The van der Waals surface area contributed by atoms with Gasteiger partial charge in [0.1, 0.15) is 11.5 Å². The number of rotatable bonds is 8. The molecule has 154 valence electrons. The SMILES string of the molecule is COc1ccc(C(C)=NNC(=O)c2ccc(NC(=O)CC(C)C)cc2)c(OC)c1. The van der Waals surface area contributed by atoms with Crippen LogP contribution in [0.1, 0.15) is 43.1 Å². The molecule has 2 aromatic carbocycles. The number of methoxy groups -OCH3 is 2. The van der Waals surface area contributed by atoms with E-state index in [1.807, 2.05) is 19.9 Å². The molecule has 2 aromatic rings. The minimum absolute atomic E-state index is 0.0501. The number of carbonyl (C=O) groups is 2. The normalized spacial score (nSPS) is 11.2. The molecule has 0 aliphatic rings. The first-order valence-electron chi connectivity index (χ1n) is 9.31. The molecule has 0 spiro atoms. The smallest absolute Gasteiger partial charge is 0.271 e. The van der Waals surface area contributed by atoms with E-state index in [2.05, 4.69) is 15.8 Å². The van der Waals surface area contributed by atoms with E-state index in [-0.39, 0.29) is 17.7 Å². The molecule has 0 aliphatic heterocycles. The third kappa shape index (κ3) is 6.34. The average molecular weight is 397 g/mol. The van der Waals surface area contributed by atoms with Gasteiger partial charge in [0.15, 0.2) is 0 Å². The van der Waals surface area contributed by atoms with Crippen LogP contribution in [0.4, 0.5) is 5.69 Å². The number of ether oxygens (including phenoxy) is 2. The minimum Gasteiger partial charge on any atom is -0.497 e. The summed E-state index contributed by atoms with van der Waals surface area (Å²) in [7, 11) is 3.14. The number of nitrogens with zero attached hydrogens (tertiary/aromatic N) is 1. The lowest BCUT2D eigenvalue weighted by molar-refractivity contribution is -0.116. The van der Waals surface area contributed by atoms with Gasteiger partial charge in [0.25, 0.3) is 5.91 Å². The van der Waals surface area contributed by atoms with Crippen molar-refractivity contribution in [3.8, 4) is 11.5 Å². The predicted molar refractivity (Wildman–Crippen MR) is 114 cm³/mol. The molecule has 0 saturated heterocycles. The summed E-state index contributed by atoms with van der Waals surface area (Å²) in [6, 6.07) is 12.0. The Labute approximate surface area is 171 Å². The van der Waals surface area contributed by atoms with E-state index in [1.54, 1.807) is 57.5 Å². The molecule has 0 saturated carbocycles. The van der Waals surface area contributed by atoms with Gasteiger partial charge in [-0.15, -0.1) is 0 Å². The molecule has 0 fully saturated rings. The van der Waals surface area contributed by atoms with Crippen molar-refractivity contribution in [3.05, 3.63) is 53.6 Å². The summed E-state index contributed by atoms with van der Waals surface area (Å²) in [6.07, 6.45) is 0.449. The van der Waals surface area contributed by atoms with Gasteiger partial charge in [0.05, 0.1) is 19.9 Å². The zero-order valence-corrected chi connectivity index (χ0v) is 17.4. The second-order valence-electron chi connectivity index (χ2n) is 6.93. The summed E-state index contributed by atoms with van der Waals surface area (Å²) in [5, 5.41) is 6.98. The maximum absolute atomic E-state index is 12.4. The Balaban J connectivity index is 2.03.